The molecule has 2 fully saturated rings. The van der Waals surface area contributed by atoms with Gasteiger partial charge in [-0.05, 0) is 13.3 Å². The number of carboxylic acid groups (broad SMARTS) is 1. The number of rotatable bonds is 4. The average Bonchev–Trinajstić information content (AvgIpc) is 3.08. The van der Waals surface area contributed by atoms with E-state index in [2.05, 4.69) is 0 Å². The van der Waals surface area contributed by atoms with E-state index in [4.69, 9.17) is 14.6 Å². The van der Waals surface area contributed by atoms with Crippen LogP contribution in [0.3, 0.4) is 0 Å². The second-order valence-corrected chi connectivity index (χ2v) is 4.30. The molecule has 2 aliphatic rings. The summed E-state index contributed by atoms with van der Waals surface area (Å²) in [6.07, 6.45) is 0.681. The van der Waals surface area contributed by atoms with Gasteiger partial charge in [0.2, 0.25) is 5.91 Å². The van der Waals surface area contributed by atoms with Crippen LogP contribution in [0.25, 0.3) is 0 Å². The van der Waals surface area contributed by atoms with E-state index in [1.54, 1.807) is 0 Å². The predicted molar refractivity (Wildman–Crippen MR) is 57.5 cm³/mol. The van der Waals surface area contributed by atoms with Crippen LogP contribution in [0.4, 0.5) is 0 Å². The van der Waals surface area contributed by atoms with Gasteiger partial charge in [-0.15, -0.1) is 0 Å². The number of ether oxygens (including phenoxy) is 2. The molecule has 1 saturated heterocycles. The van der Waals surface area contributed by atoms with E-state index in [0.29, 0.717) is 26.2 Å². The van der Waals surface area contributed by atoms with E-state index in [1.807, 2.05) is 6.92 Å². The summed E-state index contributed by atoms with van der Waals surface area (Å²) >= 11 is 0. The molecule has 0 bridgehead atoms. The molecule has 6 nitrogen and oxygen atoms in total. The maximum absolute atomic E-state index is 12.1. The fourth-order valence-electron chi connectivity index (χ4n) is 2.11. The molecule has 1 aliphatic heterocycles. The van der Waals surface area contributed by atoms with Gasteiger partial charge in [0.25, 0.3) is 0 Å². The second-order valence-electron chi connectivity index (χ2n) is 4.30. The molecule has 1 saturated carbocycles. The molecule has 0 aromatic carbocycles. The maximum atomic E-state index is 12.1. The molecule has 1 aliphatic carbocycles. The van der Waals surface area contributed by atoms with Gasteiger partial charge in [-0.25, -0.2) is 4.79 Å². The minimum atomic E-state index is -1.01. The number of hydrogen-bond acceptors (Lipinski definition) is 4. The molecule has 1 amide bonds. The van der Waals surface area contributed by atoms with Crippen molar-refractivity contribution in [2.75, 3.05) is 26.4 Å². The van der Waals surface area contributed by atoms with E-state index in [-0.39, 0.29) is 24.5 Å². The summed E-state index contributed by atoms with van der Waals surface area (Å²) in [6, 6.07) is -0.848. The lowest BCUT2D eigenvalue weighted by Crippen LogP contribution is -2.53. The van der Waals surface area contributed by atoms with Gasteiger partial charge in [0.1, 0.15) is 0 Å². The molecule has 0 spiro atoms. The molecule has 1 N–H and O–H groups in total. The quantitative estimate of drug-likeness (QED) is 0.735. The molecule has 2 rings (SSSR count). The highest BCUT2D eigenvalue weighted by Crippen LogP contribution is 2.36. The number of hydrogen-bond donors (Lipinski definition) is 1. The van der Waals surface area contributed by atoms with Crippen LogP contribution in [-0.2, 0) is 19.1 Å². The molecular weight excluding hydrogens is 226 g/mol. The summed E-state index contributed by atoms with van der Waals surface area (Å²) in [4.78, 5) is 24.5. The highest BCUT2D eigenvalue weighted by Gasteiger charge is 2.48. The Morgan fingerprint density at radius 1 is 1.53 bits per heavy atom. The Hall–Kier alpha value is -1.14. The number of nitrogens with zero attached hydrogens (tertiary/aromatic N) is 1. The van der Waals surface area contributed by atoms with Gasteiger partial charge in [0, 0.05) is 13.2 Å². The molecule has 1 heterocycles. The fourth-order valence-corrected chi connectivity index (χ4v) is 2.11. The maximum Gasteiger partial charge on any atom is 0.328 e. The van der Waals surface area contributed by atoms with Crippen LogP contribution in [0.15, 0.2) is 0 Å². The van der Waals surface area contributed by atoms with E-state index in [0.717, 1.165) is 0 Å². The van der Waals surface area contributed by atoms with Crippen LogP contribution < -0.4 is 0 Å². The van der Waals surface area contributed by atoms with Gasteiger partial charge in [-0.1, -0.05) is 0 Å². The van der Waals surface area contributed by atoms with Gasteiger partial charge in [-0.2, -0.15) is 0 Å². The van der Waals surface area contributed by atoms with E-state index >= 15 is 0 Å². The third kappa shape index (κ3) is 2.58. The predicted octanol–water partition coefficient (Wildman–Crippen LogP) is -0.277. The van der Waals surface area contributed by atoms with Crippen LogP contribution in [0.5, 0.6) is 0 Å². The standard InChI is InChI=1S/C11H17NO5/c1-2-17-9-5-7(9)10(13)12-3-4-16-6-8(12)11(14)15/h7-9H,2-6H2,1H3,(H,14,15)/t7-,8+,9-/m1/s1. The van der Waals surface area contributed by atoms with E-state index < -0.39 is 12.0 Å². The topological polar surface area (TPSA) is 76.1 Å². The van der Waals surface area contributed by atoms with Crippen LogP contribution in [0.2, 0.25) is 0 Å². The smallest absolute Gasteiger partial charge is 0.328 e. The summed E-state index contributed by atoms with van der Waals surface area (Å²) in [5, 5.41) is 9.02. The van der Waals surface area contributed by atoms with Crippen molar-refractivity contribution in [1.29, 1.82) is 0 Å². The Kier molecular flexibility index (Phi) is 3.63. The summed E-state index contributed by atoms with van der Waals surface area (Å²) < 4.78 is 10.4. The molecule has 0 aromatic rings. The van der Waals surface area contributed by atoms with Crippen molar-refractivity contribution in [3.05, 3.63) is 0 Å². The van der Waals surface area contributed by atoms with Crippen molar-refractivity contribution in [2.45, 2.75) is 25.5 Å². The van der Waals surface area contributed by atoms with Gasteiger partial charge >= 0.3 is 5.97 Å². The SMILES string of the molecule is CCO[C@@H]1C[C@H]1C(=O)N1CCOC[C@H]1C(=O)O. The Morgan fingerprint density at radius 2 is 2.29 bits per heavy atom. The van der Waals surface area contributed by atoms with Crippen molar-refractivity contribution < 1.29 is 24.2 Å². The third-order valence-corrected chi connectivity index (χ3v) is 3.13. The van der Waals surface area contributed by atoms with E-state index in [9.17, 15) is 9.59 Å². The lowest BCUT2D eigenvalue weighted by atomic mass is 10.2. The normalized spacial score (nSPS) is 32.3. The first-order chi connectivity index (χ1) is 8.15. The summed E-state index contributed by atoms with van der Waals surface area (Å²) in [5.74, 6) is -1.28. The Labute approximate surface area is 99.5 Å². The Morgan fingerprint density at radius 3 is 2.94 bits per heavy atom. The minimum Gasteiger partial charge on any atom is -0.480 e. The average molecular weight is 243 g/mol. The Balaban J connectivity index is 1.95. The fraction of sp³-hybridized carbons (Fsp3) is 0.818. The first kappa shape index (κ1) is 12.3. The van der Waals surface area contributed by atoms with Crippen molar-refractivity contribution in [3.8, 4) is 0 Å². The van der Waals surface area contributed by atoms with Gasteiger partial charge in [-0.3, -0.25) is 4.79 Å². The molecule has 0 aromatic heterocycles. The molecule has 17 heavy (non-hydrogen) atoms. The van der Waals surface area contributed by atoms with Crippen molar-refractivity contribution in [2.24, 2.45) is 5.92 Å². The zero-order valence-corrected chi connectivity index (χ0v) is 9.80. The lowest BCUT2D eigenvalue weighted by molar-refractivity contribution is -0.159. The highest BCUT2D eigenvalue weighted by atomic mass is 16.5. The summed E-state index contributed by atoms with van der Waals surface area (Å²) in [5.41, 5.74) is 0. The van der Waals surface area contributed by atoms with Crippen LogP contribution in [0, 0.1) is 5.92 Å². The first-order valence-electron chi connectivity index (χ1n) is 5.87. The summed E-state index contributed by atoms with van der Waals surface area (Å²) in [7, 11) is 0. The lowest BCUT2D eigenvalue weighted by Gasteiger charge is -2.33. The summed E-state index contributed by atoms with van der Waals surface area (Å²) in [6.45, 7) is 3.30. The number of carbonyl (C=O) groups excluding carboxylic acids is 1. The first-order valence-corrected chi connectivity index (χ1v) is 5.87. The highest BCUT2D eigenvalue weighted by molar-refractivity contribution is 5.87. The number of morpholine rings is 1. The molecule has 0 unspecified atom stereocenters. The van der Waals surface area contributed by atoms with Crippen molar-refractivity contribution in [3.63, 3.8) is 0 Å². The van der Waals surface area contributed by atoms with E-state index in [1.165, 1.54) is 4.90 Å². The largest absolute Gasteiger partial charge is 0.480 e. The van der Waals surface area contributed by atoms with Gasteiger partial charge in [0.05, 0.1) is 25.2 Å². The van der Waals surface area contributed by atoms with Crippen LogP contribution in [-0.4, -0.2) is 60.4 Å². The second kappa shape index (κ2) is 5.01. The van der Waals surface area contributed by atoms with Gasteiger partial charge in [0.15, 0.2) is 6.04 Å². The molecule has 6 heteroatoms. The monoisotopic (exact) mass is 243 g/mol. The number of aliphatic carboxylic acids is 1. The number of carbonyl (C=O) groups is 2. The van der Waals surface area contributed by atoms with Crippen molar-refractivity contribution >= 4 is 11.9 Å². The van der Waals surface area contributed by atoms with Gasteiger partial charge < -0.3 is 19.5 Å². The molecular formula is C11H17NO5. The minimum absolute atomic E-state index is 0.0233. The molecule has 0 radical (unpaired) electrons. The van der Waals surface area contributed by atoms with Crippen LogP contribution >= 0.6 is 0 Å². The molecule has 3 atom stereocenters. The number of amides is 1. The van der Waals surface area contributed by atoms with Crippen LogP contribution in [0.1, 0.15) is 13.3 Å². The Bertz CT molecular complexity index is 319. The van der Waals surface area contributed by atoms with Crippen molar-refractivity contribution in [1.82, 2.24) is 4.90 Å². The zero-order valence-electron chi connectivity index (χ0n) is 9.80. The zero-order chi connectivity index (χ0) is 12.4. The molecule has 96 valence electrons. The number of carboxylic acids is 1. The third-order valence-electron chi connectivity index (χ3n) is 3.13.